The molecule has 0 bridgehead atoms. The van der Waals surface area contributed by atoms with Crippen molar-refractivity contribution in [2.24, 2.45) is 5.73 Å². The van der Waals surface area contributed by atoms with Crippen LogP contribution >= 0.6 is 0 Å². The third-order valence-electron chi connectivity index (χ3n) is 1.26. The molecule has 3 N–H and O–H groups in total. The van der Waals surface area contributed by atoms with Crippen LogP contribution < -0.4 is 11.1 Å². The van der Waals surface area contributed by atoms with E-state index in [1.165, 1.54) is 0 Å². The van der Waals surface area contributed by atoms with Crippen molar-refractivity contribution in [1.82, 2.24) is 5.32 Å². The molecule has 11 heavy (non-hydrogen) atoms. The zero-order valence-corrected chi connectivity index (χ0v) is 6.76. The molecule has 62 valence electrons. The molecule has 1 atom stereocenters. The van der Waals surface area contributed by atoms with Gasteiger partial charge in [0, 0.05) is 25.4 Å². The molecule has 0 saturated heterocycles. The van der Waals surface area contributed by atoms with Crippen molar-refractivity contribution in [3.05, 3.63) is 0 Å². The van der Waals surface area contributed by atoms with Crippen LogP contribution in [0.15, 0.2) is 0 Å². The standard InChI is InChI=1S/C8H14N2O/c1-3-4-5-8(11)10-7(2)6-9/h1,7H,4-6,9H2,2H3,(H,10,11). The van der Waals surface area contributed by atoms with Gasteiger partial charge in [-0.2, -0.15) is 0 Å². The number of terminal acetylenes is 1. The lowest BCUT2D eigenvalue weighted by atomic mass is 10.2. The Kier molecular flexibility index (Phi) is 5.22. The van der Waals surface area contributed by atoms with Gasteiger partial charge in [0.1, 0.15) is 0 Å². The highest BCUT2D eigenvalue weighted by molar-refractivity contribution is 5.76. The lowest BCUT2D eigenvalue weighted by Gasteiger charge is -2.09. The molecular formula is C8H14N2O. The highest BCUT2D eigenvalue weighted by Crippen LogP contribution is 1.87. The topological polar surface area (TPSA) is 55.1 Å². The molecule has 0 aromatic carbocycles. The summed E-state index contributed by atoms with van der Waals surface area (Å²) >= 11 is 0. The first-order valence-corrected chi connectivity index (χ1v) is 3.63. The van der Waals surface area contributed by atoms with E-state index in [1.54, 1.807) is 0 Å². The van der Waals surface area contributed by atoms with E-state index in [0.29, 0.717) is 19.4 Å². The van der Waals surface area contributed by atoms with Gasteiger partial charge < -0.3 is 11.1 Å². The van der Waals surface area contributed by atoms with Crippen molar-refractivity contribution in [2.75, 3.05) is 6.54 Å². The SMILES string of the molecule is C#CCCC(=O)NC(C)CN. The molecule has 0 aromatic heterocycles. The largest absolute Gasteiger partial charge is 0.352 e. The normalized spacial score (nSPS) is 11.7. The maximum Gasteiger partial charge on any atom is 0.221 e. The summed E-state index contributed by atoms with van der Waals surface area (Å²) in [5.41, 5.74) is 5.29. The fourth-order valence-electron chi connectivity index (χ4n) is 0.592. The monoisotopic (exact) mass is 154 g/mol. The number of hydrogen-bond donors (Lipinski definition) is 2. The first-order chi connectivity index (χ1) is 5.20. The van der Waals surface area contributed by atoms with Gasteiger partial charge in [0.15, 0.2) is 0 Å². The predicted octanol–water partition coefficient (Wildman–Crippen LogP) is -0.137. The number of amides is 1. The van der Waals surface area contributed by atoms with Crippen molar-refractivity contribution in [3.63, 3.8) is 0 Å². The molecule has 0 spiro atoms. The third-order valence-corrected chi connectivity index (χ3v) is 1.26. The Labute approximate surface area is 67.3 Å². The number of carbonyl (C=O) groups excluding carboxylic acids is 1. The molecule has 0 saturated carbocycles. The smallest absolute Gasteiger partial charge is 0.221 e. The van der Waals surface area contributed by atoms with E-state index >= 15 is 0 Å². The summed E-state index contributed by atoms with van der Waals surface area (Å²) in [5.74, 6) is 2.37. The van der Waals surface area contributed by atoms with Crippen LogP contribution in [0.3, 0.4) is 0 Å². The van der Waals surface area contributed by atoms with Gasteiger partial charge in [-0.15, -0.1) is 12.3 Å². The van der Waals surface area contributed by atoms with Crippen molar-refractivity contribution in [2.45, 2.75) is 25.8 Å². The van der Waals surface area contributed by atoms with E-state index in [4.69, 9.17) is 12.2 Å². The molecule has 0 rings (SSSR count). The number of nitrogens with one attached hydrogen (secondary N) is 1. The Balaban J connectivity index is 3.45. The summed E-state index contributed by atoms with van der Waals surface area (Å²) in [6.07, 6.45) is 5.86. The van der Waals surface area contributed by atoms with Crippen molar-refractivity contribution >= 4 is 5.91 Å². The second kappa shape index (κ2) is 5.75. The molecule has 0 aromatic rings. The first kappa shape index (κ1) is 9.99. The lowest BCUT2D eigenvalue weighted by molar-refractivity contribution is -0.121. The number of carbonyl (C=O) groups is 1. The molecule has 0 aliphatic rings. The van der Waals surface area contributed by atoms with Crippen LogP contribution in [-0.2, 0) is 4.79 Å². The van der Waals surface area contributed by atoms with Gasteiger partial charge in [-0.05, 0) is 6.92 Å². The molecule has 0 fully saturated rings. The van der Waals surface area contributed by atoms with Gasteiger partial charge in [-0.25, -0.2) is 0 Å². The van der Waals surface area contributed by atoms with Gasteiger partial charge in [0.2, 0.25) is 5.91 Å². The summed E-state index contributed by atoms with van der Waals surface area (Å²) in [7, 11) is 0. The second-order valence-corrected chi connectivity index (χ2v) is 2.41. The van der Waals surface area contributed by atoms with Crippen molar-refractivity contribution in [3.8, 4) is 12.3 Å². The molecule has 1 amide bonds. The van der Waals surface area contributed by atoms with E-state index < -0.39 is 0 Å². The van der Waals surface area contributed by atoms with Crippen LogP contribution in [0.5, 0.6) is 0 Å². The lowest BCUT2D eigenvalue weighted by Crippen LogP contribution is -2.37. The average molecular weight is 154 g/mol. The fourth-order valence-corrected chi connectivity index (χ4v) is 0.592. The summed E-state index contributed by atoms with van der Waals surface area (Å²) in [6, 6.07) is 0.0419. The van der Waals surface area contributed by atoms with E-state index in [1.807, 2.05) is 6.92 Å². The molecule has 0 aliphatic heterocycles. The van der Waals surface area contributed by atoms with Crippen LogP contribution in [0.4, 0.5) is 0 Å². The summed E-state index contributed by atoms with van der Waals surface area (Å²) < 4.78 is 0. The third kappa shape index (κ3) is 5.43. The Bertz CT molecular complexity index is 160. The highest BCUT2D eigenvalue weighted by Gasteiger charge is 2.03. The maximum atomic E-state index is 10.9. The van der Waals surface area contributed by atoms with Crippen LogP contribution in [0.25, 0.3) is 0 Å². The van der Waals surface area contributed by atoms with Gasteiger partial charge in [0.25, 0.3) is 0 Å². The summed E-state index contributed by atoms with van der Waals surface area (Å²) in [5, 5.41) is 2.70. The fraction of sp³-hybridized carbons (Fsp3) is 0.625. The molecule has 3 heteroatoms. The Morgan fingerprint density at radius 3 is 2.91 bits per heavy atom. The number of rotatable bonds is 4. The van der Waals surface area contributed by atoms with E-state index in [-0.39, 0.29) is 11.9 Å². The minimum atomic E-state index is -0.0269. The van der Waals surface area contributed by atoms with Crippen LogP contribution in [0.1, 0.15) is 19.8 Å². The van der Waals surface area contributed by atoms with Gasteiger partial charge >= 0.3 is 0 Å². The second-order valence-electron chi connectivity index (χ2n) is 2.41. The molecule has 0 radical (unpaired) electrons. The van der Waals surface area contributed by atoms with E-state index in [9.17, 15) is 4.79 Å². The maximum absolute atomic E-state index is 10.9. The number of nitrogens with two attached hydrogens (primary N) is 1. The molecular weight excluding hydrogens is 140 g/mol. The highest BCUT2D eigenvalue weighted by atomic mass is 16.1. The van der Waals surface area contributed by atoms with Gasteiger partial charge in [-0.1, -0.05) is 0 Å². The molecule has 3 nitrogen and oxygen atoms in total. The molecule has 1 unspecified atom stereocenters. The zero-order valence-electron chi connectivity index (χ0n) is 6.76. The van der Waals surface area contributed by atoms with Crippen molar-refractivity contribution < 1.29 is 4.79 Å². The van der Waals surface area contributed by atoms with Crippen LogP contribution in [0, 0.1) is 12.3 Å². The van der Waals surface area contributed by atoms with Gasteiger partial charge in [-0.3, -0.25) is 4.79 Å². The van der Waals surface area contributed by atoms with Crippen LogP contribution in [-0.4, -0.2) is 18.5 Å². The predicted molar refractivity (Wildman–Crippen MR) is 44.7 cm³/mol. The van der Waals surface area contributed by atoms with Crippen LogP contribution in [0.2, 0.25) is 0 Å². The summed E-state index contributed by atoms with van der Waals surface area (Å²) in [4.78, 5) is 10.9. The Morgan fingerprint density at radius 1 is 1.82 bits per heavy atom. The minimum Gasteiger partial charge on any atom is -0.352 e. The first-order valence-electron chi connectivity index (χ1n) is 3.63. The van der Waals surface area contributed by atoms with Crippen molar-refractivity contribution in [1.29, 1.82) is 0 Å². The van der Waals surface area contributed by atoms with E-state index in [0.717, 1.165) is 0 Å². The molecule has 0 aliphatic carbocycles. The molecule has 0 heterocycles. The Hall–Kier alpha value is -1.01. The quantitative estimate of drug-likeness (QED) is 0.554. The minimum absolute atomic E-state index is 0.0269. The van der Waals surface area contributed by atoms with E-state index in [2.05, 4.69) is 11.2 Å². The summed E-state index contributed by atoms with van der Waals surface area (Å²) in [6.45, 7) is 2.32. The van der Waals surface area contributed by atoms with Gasteiger partial charge in [0.05, 0.1) is 0 Å². The number of hydrogen-bond acceptors (Lipinski definition) is 2. The Morgan fingerprint density at radius 2 is 2.45 bits per heavy atom. The zero-order chi connectivity index (χ0) is 8.69. The average Bonchev–Trinajstić information content (AvgIpc) is 2.00.